The Balaban J connectivity index is 2.14. The van der Waals surface area contributed by atoms with Crippen molar-refractivity contribution in [2.75, 3.05) is 14.2 Å². The number of hydrogen-bond donors (Lipinski definition) is 1. The summed E-state index contributed by atoms with van der Waals surface area (Å²) in [6.07, 6.45) is 2.80. The summed E-state index contributed by atoms with van der Waals surface area (Å²) < 4.78 is 23.7. The number of aromatic nitrogens is 3. The van der Waals surface area contributed by atoms with E-state index in [9.17, 15) is 4.39 Å². The first-order valence-electron chi connectivity index (χ1n) is 7.04. The lowest BCUT2D eigenvalue weighted by Gasteiger charge is -2.09. The molecule has 0 fully saturated rings. The molecule has 0 aliphatic rings. The minimum atomic E-state index is -0.607. The van der Waals surface area contributed by atoms with Gasteiger partial charge < -0.3 is 14.5 Å². The lowest BCUT2D eigenvalue weighted by Crippen LogP contribution is -2.05. The second kappa shape index (κ2) is 6.68. The molecule has 0 unspecified atom stereocenters. The topological polar surface area (TPSA) is 60.0 Å². The normalized spacial score (nSPS) is 11.1. The minimum absolute atomic E-state index is 0.290. The lowest BCUT2D eigenvalue weighted by molar-refractivity contribution is -0.111. The van der Waals surface area contributed by atoms with Gasteiger partial charge in [-0.2, -0.15) is 0 Å². The maximum atomic E-state index is 13.2. The van der Waals surface area contributed by atoms with Crippen LogP contribution in [0.2, 0.25) is 0 Å². The highest BCUT2D eigenvalue weighted by atomic mass is 19.1. The molecule has 0 radical (unpaired) electrons. The van der Waals surface area contributed by atoms with E-state index in [1.54, 1.807) is 38.7 Å². The first-order chi connectivity index (χ1) is 11.2. The molecule has 5 nitrogen and oxygen atoms in total. The molecule has 0 aliphatic heterocycles. The van der Waals surface area contributed by atoms with Gasteiger partial charge in [-0.25, -0.2) is 9.37 Å². The Kier molecular flexibility index (Phi) is 4.45. The van der Waals surface area contributed by atoms with Gasteiger partial charge in [-0.1, -0.05) is 0 Å². The molecule has 3 aromatic rings. The molecule has 2 aromatic heterocycles. The Bertz CT molecular complexity index is 768. The van der Waals surface area contributed by atoms with Crippen molar-refractivity contribution in [3.8, 4) is 22.5 Å². The van der Waals surface area contributed by atoms with Crippen molar-refractivity contribution in [3.63, 3.8) is 0 Å². The van der Waals surface area contributed by atoms with Crippen molar-refractivity contribution in [1.29, 1.82) is 0 Å². The summed E-state index contributed by atoms with van der Waals surface area (Å²) in [7, 11) is 3.08. The zero-order valence-corrected chi connectivity index (χ0v) is 12.8. The van der Waals surface area contributed by atoms with Crippen LogP contribution < -0.4 is 0 Å². The standard InChI is InChI=1S/C17H16FN3O2/c1-22-17(23-2)16-20-14(11-3-5-13(18)6-4-11)15(21-16)12-7-9-19-10-8-12/h3-10,17H,1-2H3,(H,20,21). The number of H-pyrrole nitrogens is 1. The number of imidazole rings is 1. The molecule has 0 saturated heterocycles. The molecule has 0 aliphatic carbocycles. The second-order valence-corrected chi connectivity index (χ2v) is 4.89. The predicted octanol–water partition coefficient (Wildman–Crippen LogP) is 3.57. The molecule has 0 atom stereocenters. The number of hydrogen-bond acceptors (Lipinski definition) is 4. The molecule has 2 heterocycles. The first kappa shape index (κ1) is 15.3. The Morgan fingerprint density at radius 3 is 2.22 bits per heavy atom. The van der Waals surface area contributed by atoms with Gasteiger partial charge in [0.15, 0.2) is 5.82 Å². The maximum absolute atomic E-state index is 13.2. The minimum Gasteiger partial charge on any atom is -0.349 e. The molecule has 118 valence electrons. The third-order valence-electron chi connectivity index (χ3n) is 3.46. The lowest BCUT2D eigenvalue weighted by atomic mass is 10.1. The Morgan fingerprint density at radius 2 is 1.61 bits per heavy atom. The van der Waals surface area contributed by atoms with Crippen LogP contribution >= 0.6 is 0 Å². The van der Waals surface area contributed by atoms with Crippen LogP contribution in [0.3, 0.4) is 0 Å². The van der Waals surface area contributed by atoms with Crippen LogP contribution in [0.15, 0.2) is 48.8 Å². The van der Waals surface area contributed by atoms with E-state index in [0.717, 1.165) is 16.8 Å². The SMILES string of the molecule is COC(OC)c1nc(-c2ccc(F)cc2)c(-c2ccncc2)[nH]1. The number of pyridine rings is 1. The smallest absolute Gasteiger partial charge is 0.216 e. The van der Waals surface area contributed by atoms with Crippen LogP contribution in [0.4, 0.5) is 4.39 Å². The number of nitrogens with zero attached hydrogens (tertiary/aromatic N) is 2. The Hall–Kier alpha value is -2.57. The zero-order chi connectivity index (χ0) is 16.2. The van der Waals surface area contributed by atoms with Gasteiger partial charge in [0.2, 0.25) is 6.29 Å². The van der Waals surface area contributed by atoms with E-state index in [1.807, 2.05) is 12.1 Å². The molecule has 0 saturated carbocycles. The average molecular weight is 313 g/mol. The number of benzene rings is 1. The molecule has 0 amide bonds. The number of nitrogens with one attached hydrogen (secondary N) is 1. The summed E-state index contributed by atoms with van der Waals surface area (Å²) in [4.78, 5) is 11.8. The van der Waals surface area contributed by atoms with Crippen LogP contribution in [0.25, 0.3) is 22.5 Å². The van der Waals surface area contributed by atoms with E-state index in [1.165, 1.54) is 12.1 Å². The van der Waals surface area contributed by atoms with Gasteiger partial charge in [0, 0.05) is 37.7 Å². The second-order valence-electron chi connectivity index (χ2n) is 4.89. The molecule has 0 bridgehead atoms. The Morgan fingerprint density at radius 1 is 0.957 bits per heavy atom. The summed E-state index contributed by atoms with van der Waals surface area (Å²) in [5.41, 5.74) is 3.22. The highest BCUT2D eigenvalue weighted by molar-refractivity contribution is 5.78. The summed E-state index contributed by atoms with van der Waals surface area (Å²) in [5.74, 6) is 0.253. The molecular formula is C17H16FN3O2. The predicted molar refractivity (Wildman–Crippen MR) is 84.0 cm³/mol. The van der Waals surface area contributed by atoms with Crippen LogP contribution in [0.5, 0.6) is 0 Å². The van der Waals surface area contributed by atoms with E-state index < -0.39 is 6.29 Å². The molecule has 3 rings (SSSR count). The third-order valence-corrected chi connectivity index (χ3v) is 3.46. The Labute approximate surface area is 133 Å². The van der Waals surface area contributed by atoms with Gasteiger partial charge in [-0.3, -0.25) is 4.98 Å². The molecule has 1 aromatic carbocycles. The van der Waals surface area contributed by atoms with Crippen LogP contribution in [0.1, 0.15) is 12.1 Å². The average Bonchev–Trinajstić information content (AvgIpc) is 3.02. The van der Waals surface area contributed by atoms with Gasteiger partial charge in [0.1, 0.15) is 5.82 Å². The quantitative estimate of drug-likeness (QED) is 0.732. The molecule has 6 heteroatoms. The maximum Gasteiger partial charge on any atom is 0.216 e. The fourth-order valence-electron chi connectivity index (χ4n) is 2.37. The van der Waals surface area contributed by atoms with Crippen molar-refractivity contribution in [2.45, 2.75) is 6.29 Å². The molecule has 0 spiro atoms. The first-order valence-corrected chi connectivity index (χ1v) is 7.04. The highest BCUT2D eigenvalue weighted by Crippen LogP contribution is 2.32. The van der Waals surface area contributed by atoms with Crippen LogP contribution in [0, 0.1) is 5.82 Å². The summed E-state index contributed by atoms with van der Waals surface area (Å²) in [6, 6.07) is 9.94. The van der Waals surface area contributed by atoms with Crippen molar-refractivity contribution in [1.82, 2.24) is 15.0 Å². The van der Waals surface area contributed by atoms with E-state index in [0.29, 0.717) is 11.5 Å². The van der Waals surface area contributed by atoms with Crippen molar-refractivity contribution in [2.24, 2.45) is 0 Å². The van der Waals surface area contributed by atoms with Crippen molar-refractivity contribution < 1.29 is 13.9 Å². The number of ether oxygens (including phenoxy) is 2. The zero-order valence-electron chi connectivity index (χ0n) is 12.8. The summed E-state index contributed by atoms with van der Waals surface area (Å²) >= 11 is 0. The summed E-state index contributed by atoms with van der Waals surface area (Å²) in [5, 5.41) is 0. The molecule has 1 N–H and O–H groups in total. The number of methoxy groups -OCH3 is 2. The monoisotopic (exact) mass is 313 g/mol. The largest absolute Gasteiger partial charge is 0.349 e. The fourth-order valence-corrected chi connectivity index (χ4v) is 2.37. The van der Waals surface area contributed by atoms with Crippen LogP contribution in [-0.2, 0) is 9.47 Å². The van der Waals surface area contributed by atoms with Gasteiger partial charge in [0.25, 0.3) is 0 Å². The molecular weight excluding hydrogens is 297 g/mol. The van der Waals surface area contributed by atoms with Gasteiger partial charge >= 0.3 is 0 Å². The number of halogens is 1. The molecule has 23 heavy (non-hydrogen) atoms. The number of rotatable bonds is 5. The summed E-state index contributed by atoms with van der Waals surface area (Å²) in [6.45, 7) is 0. The van der Waals surface area contributed by atoms with Crippen molar-refractivity contribution in [3.05, 3.63) is 60.4 Å². The number of aromatic amines is 1. The third kappa shape index (κ3) is 3.13. The van der Waals surface area contributed by atoms with Gasteiger partial charge in [0.05, 0.1) is 11.4 Å². The van der Waals surface area contributed by atoms with Crippen molar-refractivity contribution >= 4 is 0 Å². The fraction of sp³-hybridized carbons (Fsp3) is 0.176. The van der Waals surface area contributed by atoms with Crippen LogP contribution in [-0.4, -0.2) is 29.2 Å². The van der Waals surface area contributed by atoms with E-state index in [-0.39, 0.29) is 5.82 Å². The van der Waals surface area contributed by atoms with E-state index in [2.05, 4.69) is 15.0 Å². The van der Waals surface area contributed by atoms with Gasteiger partial charge in [-0.15, -0.1) is 0 Å². The van der Waals surface area contributed by atoms with E-state index >= 15 is 0 Å². The highest BCUT2D eigenvalue weighted by Gasteiger charge is 2.19. The van der Waals surface area contributed by atoms with Gasteiger partial charge in [-0.05, 0) is 36.4 Å². The van der Waals surface area contributed by atoms with E-state index in [4.69, 9.17) is 9.47 Å².